The van der Waals surface area contributed by atoms with Crippen LogP contribution in [0, 0.1) is 0 Å². The number of halogens is 1. The van der Waals surface area contributed by atoms with Gasteiger partial charge in [0, 0.05) is 6.54 Å². The monoisotopic (exact) mass is 338 g/mol. The highest BCUT2D eigenvalue weighted by Crippen LogP contribution is 2.29. The van der Waals surface area contributed by atoms with E-state index in [2.05, 4.69) is 27.8 Å². The molecule has 20 heavy (non-hydrogen) atoms. The fraction of sp³-hybridized carbons (Fsp3) is 0.286. The van der Waals surface area contributed by atoms with E-state index in [-0.39, 0.29) is 12.2 Å². The first-order chi connectivity index (χ1) is 9.63. The number of aryl methyl sites for hydroxylation is 1. The van der Waals surface area contributed by atoms with Gasteiger partial charge in [0.25, 0.3) is 0 Å². The average Bonchev–Trinajstić information content (AvgIpc) is 2.85. The predicted molar refractivity (Wildman–Crippen MR) is 78.0 cm³/mol. The molecular formula is C14H15BrN2O3. The topological polar surface area (TPSA) is 64.4 Å². The van der Waals surface area contributed by atoms with Gasteiger partial charge in [-0.05, 0) is 34.5 Å². The maximum atomic E-state index is 11.2. The Balaban J connectivity index is 2.18. The number of hydrogen-bond acceptors (Lipinski definition) is 3. The van der Waals surface area contributed by atoms with E-state index < -0.39 is 5.97 Å². The molecule has 5 nitrogen and oxygen atoms in total. The van der Waals surface area contributed by atoms with Crippen LogP contribution in [0.2, 0.25) is 0 Å². The van der Waals surface area contributed by atoms with E-state index in [0.717, 1.165) is 18.7 Å². The van der Waals surface area contributed by atoms with Crippen LogP contribution < -0.4 is 4.74 Å². The molecule has 1 aromatic carbocycles. The van der Waals surface area contributed by atoms with Gasteiger partial charge in [0.15, 0.2) is 0 Å². The summed E-state index contributed by atoms with van der Waals surface area (Å²) in [6.45, 7) is 3.23. The Morgan fingerprint density at radius 1 is 1.50 bits per heavy atom. The molecule has 0 saturated heterocycles. The van der Waals surface area contributed by atoms with Crippen LogP contribution >= 0.6 is 15.9 Å². The fourth-order valence-corrected chi connectivity index (χ4v) is 2.36. The van der Waals surface area contributed by atoms with Crippen molar-refractivity contribution < 1.29 is 14.6 Å². The minimum atomic E-state index is -1.01. The Hall–Kier alpha value is -1.82. The first kappa shape index (κ1) is 14.6. The Labute approximate surface area is 125 Å². The van der Waals surface area contributed by atoms with Gasteiger partial charge in [0.05, 0.1) is 22.7 Å². The molecule has 0 saturated carbocycles. The van der Waals surface area contributed by atoms with E-state index >= 15 is 0 Å². The zero-order valence-corrected chi connectivity index (χ0v) is 12.6. The van der Waals surface area contributed by atoms with Crippen LogP contribution in [0.15, 0.2) is 35.2 Å². The van der Waals surface area contributed by atoms with Crippen molar-refractivity contribution in [3.63, 3.8) is 0 Å². The molecule has 0 radical (unpaired) electrons. The van der Waals surface area contributed by atoms with Gasteiger partial charge in [-0.15, -0.1) is 0 Å². The number of carboxylic acid groups (broad SMARTS) is 1. The van der Waals surface area contributed by atoms with Gasteiger partial charge in [-0.2, -0.15) is 0 Å². The minimum absolute atomic E-state index is 0.140. The zero-order chi connectivity index (χ0) is 14.5. The molecule has 2 aromatic rings. The van der Waals surface area contributed by atoms with Crippen LogP contribution in [0.3, 0.4) is 0 Å². The maximum absolute atomic E-state index is 11.2. The second kappa shape index (κ2) is 6.56. The quantitative estimate of drug-likeness (QED) is 0.877. The highest BCUT2D eigenvalue weighted by Gasteiger charge is 2.15. The Bertz CT molecular complexity index is 610. The third-order valence-electron chi connectivity index (χ3n) is 2.82. The largest absolute Gasteiger partial charge is 0.485 e. The van der Waals surface area contributed by atoms with Crippen LogP contribution in [0.5, 0.6) is 5.75 Å². The summed E-state index contributed by atoms with van der Waals surface area (Å²) in [7, 11) is 0. The van der Waals surface area contributed by atoms with E-state index in [4.69, 9.17) is 9.84 Å². The SMILES string of the molecule is CCCn1cncc1COc1c(Br)cccc1C(=O)O. The van der Waals surface area contributed by atoms with Crippen molar-refractivity contribution in [1.29, 1.82) is 0 Å². The van der Waals surface area contributed by atoms with Crippen molar-refractivity contribution >= 4 is 21.9 Å². The summed E-state index contributed by atoms with van der Waals surface area (Å²) in [4.78, 5) is 15.3. The normalized spacial score (nSPS) is 10.5. The molecule has 1 aromatic heterocycles. The predicted octanol–water partition coefficient (Wildman–Crippen LogP) is 3.33. The zero-order valence-electron chi connectivity index (χ0n) is 11.0. The van der Waals surface area contributed by atoms with E-state index in [9.17, 15) is 4.79 Å². The lowest BCUT2D eigenvalue weighted by atomic mass is 10.2. The summed E-state index contributed by atoms with van der Waals surface area (Å²) in [6, 6.07) is 4.94. The van der Waals surface area contributed by atoms with Crippen LogP contribution in [0.4, 0.5) is 0 Å². The highest BCUT2D eigenvalue weighted by molar-refractivity contribution is 9.10. The Morgan fingerprint density at radius 2 is 2.30 bits per heavy atom. The van der Waals surface area contributed by atoms with Gasteiger partial charge in [-0.1, -0.05) is 13.0 Å². The van der Waals surface area contributed by atoms with Crippen LogP contribution in [-0.4, -0.2) is 20.6 Å². The molecule has 0 bridgehead atoms. The van der Waals surface area contributed by atoms with Crippen LogP contribution in [-0.2, 0) is 13.2 Å². The number of nitrogens with zero attached hydrogens (tertiary/aromatic N) is 2. The summed E-state index contributed by atoms with van der Waals surface area (Å²) < 4.78 is 8.29. The molecule has 0 aliphatic carbocycles. The number of benzene rings is 1. The number of para-hydroxylation sites is 1. The molecular weight excluding hydrogens is 324 g/mol. The van der Waals surface area contributed by atoms with Gasteiger partial charge >= 0.3 is 5.97 Å². The van der Waals surface area contributed by atoms with E-state index in [1.165, 1.54) is 6.07 Å². The van der Waals surface area contributed by atoms with Crippen LogP contribution in [0.25, 0.3) is 0 Å². The third kappa shape index (κ3) is 3.19. The molecule has 1 heterocycles. The van der Waals surface area contributed by atoms with Crippen molar-refractivity contribution in [1.82, 2.24) is 9.55 Å². The molecule has 1 N–H and O–H groups in total. The van der Waals surface area contributed by atoms with E-state index in [1.807, 2.05) is 4.57 Å². The van der Waals surface area contributed by atoms with E-state index in [1.54, 1.807) is 24.7 Å². The highest BCUT2D eigenvalue weighted by atomic mass is 79.9. The molecule has 0 atom stereocenters. The molecule has 0 spiro atoms. The number of carboxylic acids is 1. The van der Waals surface area contributed by atoms with Gasteiger partial charge in [-0.25, -0.2) is 9.78 Å². The second-order valence-electron chi connectivity index (χ2n) is 4.29. The standard InChI is InChI=1S/C14H15BrN2O3/c1-2-6-17-9-16-7-10(17)8-20-13-11(14(18)19)4-3-5-12(13)15/h3-5,7,9H,2,6,8H2,1H3,(H,18,19). The number of rotatable bonds is 6. The molecule has 106 valence electrons. The molecule has 2 rings (SSSR count). The molecule has 0 unspecified atom stereocenters. The number of imidazole rings is 1. The summed E-state index contributed by atoms with van der Waals surface area (Å²) in [5.41, 5.74) is 1.06. The number of hydrogen-bond donors (Lipinski definition) is 1. The van der Waals surface area contributed by atoms with Crippen molar-refractivity contribution in [2.45, 2.75) is 26.5 Å². The number of aromatic carboxylic acids is 1. The second-order valence-corrected chi connectivity index (χ2v) is 5.14. The lowest BCUT2D eigenvalue weighted by molar-refractivity contribution is 0.0691. The Kier molecular flexibility index (Phi) is 4.79. The third-order valence-corrected chi connectivity index (χ3v) is 3.45. The fourth-order valence-electron chi connectivity index (χ4n) is 1.88. The Morgan fingerprint density at radius 3 is 3.00 bits per heavy atom. The molecule has 0 amide bonds. The number of carbonyl (C=O) groups is 1. The summed E-state index contributed by atoms with van der Waals surface area (Å²) in [6.07, 6.45) is 4.48. The smallest absolute Gasteiger partial charge is 0.339 e. The number of ether oxygens (including phenoxy) is 1. The van der Waals surface area contributed by atoms with Crippen molar-refractivity contribution in [2.75, 3.05) is 0 Å². The summed E-state index contributed by atoms with van der Waals surface area (Å²) in [5.74, 6) is -0.674. The molecule has 0 fully saturated rings. The van der Waals surface area contributed by atoms with E-state index in [0.29, 0.717) is 10.2 Å². The van der Waals surface area contributed by atoms with Crippen molar-refractivity contribution in [3.05, 3.63) is 46.5 Å². The molecule has 6 heteroatoms. The minimum Gasteiger partial charge on any atom is -0.485 e. The first-order valence-corrected chi connectivity index (χ1v) is 7.06. The van der Waals surface area contributed by atoms with Crippen molar-refractivity contribution in [3.8, 4) is 5.75 Å². The van der Waals surface area contributed by atoms with Crippen LogP contribution in [0.1, 0.15) is 29.4 Å². The lowest BCUT2D eigenvalue weighted by Crippen LogP contribution is -2.08. The van der Waals surface area contributed by atoms with Crippen molar-refractivity contribution in [2.24, 2.45) is 0 Å². The average molecular weight is 339 g/mol. The molecule has 0 aliphatic heterocycles. The number of aromatic nitrogens is 2. The maximum Gasteiger partial charge on any atom is 0.339 e. The molecule has 0 aliphatic rings. The van der Waals surface area contributed by atoms with Gasteiger partial charge in [0.2, 0.25) is 0 Å². The summed E-state index contributed by atoms with van der Waals surface area (Å²) in [5, 5.41) is 9.17. The van der Waals surface area contributed by atoms with Gasteiger partial charge < -0.3 is 14.4 Å². The van der Waals surface area contributed by atoms with Gasteiger partial charge in [-0.3, -0.25) is 0 Å². The van der Waals surface area contributed by atoms with Gasteiger partial charge in [0.1, 0.15) is 17.9 Å². The summed E-state index contributed by atoms with van der Waals surface area (Å²) >= 11 is 3.32. The lowest BCUT2D eigenvalue weighted by Gasteiger charge is -2.12. The first-order valence-electron chi connectivity index (χ1n) is 6.27.